The van der Waals surface area contributed by atoms with Gasteiger partial charge in [-0.2, -0.15) is 5.26 Å². The van der Waals surface area contributed by atoms with Gasteiger partial charge in [0, 0.05) is 11.6 Å². The number of alkyl halides is 2. The number of aromatic nitrogens is 1. The molecule has 0 aliphatic carbocycles. The number of hydrogen-bond donors (Lipinski definition) is 0. The lowest BCUT2D eigenvalue weighted by molar-refractivity contribution is -0.389. The van der Waals surface area contributed by atoms with E-state index in [4.69, 9.17) is 5.26 Å². The number of nitriles is 1. The van der Waals surface area contributed by atoms with E-state index in [0.29, 0.717) is 6.07 Å². The SMILES string of the molecule is CCOC(=O)Cc1nc([N+](=O)[O-])cc(C(F)F)c1C#N. The van der Waals surface area contributed by atoms with Gasteiger partial charge < -0.3 is 14.9 Å². The van der Waals surface area contributed by atoms with Gasteiger partial charge in [-0.05, 0) is 16.8 Å². The lowest BCUT2D eigenvalue weighted by atomic mass is 10.1. The van der Waals surface area contributed by atoms with Crippen molar-refractivity contribution in [1.29, 1.82) is 5.26 Å². The van der Waals surface area contributed by atoms with E-state index in [9.17, 15) is 23.7 Å². The van der Waals surface area contributed by atoms with Gasteiger partial charge in [0.1, 0.15) is 18.1 Å². The maximum absolute atomic E-state index is 12.8. The normalized spacial score (nSPS) is 10.2. The molecule has 0 saturated carbocycles. The lowest BCUT2D eigenvalue weighted by Gasteiger charge is -2.05. The molecule has 106 valence electrons. The van der Waals surface area contributed by atoms with Crippen molar-refractivity contribution in [3.63, 3.8) is 0 Å². The zero-order valence-corrected chi connectivity index (χ0v) is 10.3. The number of pyridine rings is 1. The molecule has 0 atom stereocenters. The maximum atomic E-state index is 12.8. The van der Waals surface area contributed by atoms with Gasteiger partial charge in [0.2, 0.25) is 0 Å². The minimum atomic E-state index is -3.09. The molecule has 0 saturated heterocycles. The summed E-state index contributed by atoms with van der Waals surface area (Å²) in [6, 6.07) is 2.01. The van der Waals surface area contributed by atoms with Crippen LogP contribution in [0.25, 0.3) is 0 Å². The molecule has 0 spiro atoms. The van der Waals surface area contributed by atoms with E-state index < -0.39 is 46.4 Å². The van der Waals surface area contributed by atoms with E-state index in [1.807, 2.05) is 0 Å². The van der Waals surface area contributed by atoms with Gasteiger partial charge in [0.05, 0.1) is 6.61 Å². The monoisotopic (exact) mass is 285 g/mol. The topological polar surface area (TPSA) is 106 Å². The molecule has 20 heavy (non-hydrogen) atoms. The minimum Gasteiger partial charge on any atom is -0.466 e. The highest BCUT2D eigenvalue weighted by Gasteiger charge is 2.27. The number of halogens is 2. The molecule has 9 heteroatoms. The summed E-state index contributed by atoms with van der Waals surface area (Å²) in [4.78, 5) is 24.4. The number of carbonyl (C=O) groups excluding carboxylic acids is 1. The Balaban J connectivity index is 3.36. The van der Waals surface area contributed by atoms with Crippen LogP contribution < -0.4 is 0 Å². The number of nitrogens with zero attached hydrogens (tertiary/aromatic N) is 3. The number of esters is 1. The predicted octanol–water partition coefficient (Wildman–Crippen LogP) is 1.90. The Kier molecular flexibility index (Phi) is 5.02. The summed E-state index contributed by atoms with van der Waals surface area (Å²) in [5, 5.41) is 19.5. The van der Waals surface area contributed by atoms with Crippen LogP contribution in [0.5, 0.6) is 0 Å². The third kappa shape index (κ3) is 3.44. The molecule has 1 heterocycles. The highest BCUT2D eigenvalue weighted by Crippen LogP contribution is 2.28. The fourth-order valence-electron chi connectivity index (χ4n) is 1.48. The molecule has 1 rings (SSSR count). The fraction of sp³-hybridized carbons (Fsp3) is 0.364. The molecule has 0 fully saturated rings. The summed E-state index contributed by atoms with van der Waals surface area (Å²) < 4.78 is 30.2. The predicted molar refractivity (Wildman–Crippen MR) is 60.9 cm³/mol. The number of nitro groups is 1. The number of hydrogen-bond acceptors (Lipinski definition) is 6. The van der Waals surface area contributed by atoms with Gasteiger partial charge in [0.25, 0.3) is 6.43 Å². The van der Waals surface area contributed by atoms with Crippen LogP contribution in [0, 0.1) is 21.4 Å². The molecule has 0 aliphatic rings. The second-order valence-electron chi connectivity index (χ2n) is 3.54. The molecule has 0 bridgehead atoms. The largest absolute Gasteiger partial charge is 0.466 e. The molecule has 1 aromatic heterocycles. The Labute approximate surface area is 111 Å². The molecule has 0 radical (unpaired) electrons. The molecular formula is C11H9F2N3O4. The molecule has 0 aliphatic heterocycles. The van der Waals surface area contributed by atoms with Crippen LogP contribution in [0.4, 0.5) is 14.6 Å². The summed E-state index contributed by atoms with van der Waals surface area (Å²) in [7, 11) is 0. The Morgan fingerprint density at radius 1 is 1.65 bits per heavy atom. The van der Waals surface area contributed by atoms with Gasteiger partial charge in [0.15, 0.2) is 5.69 Å². The molecule has 0 unspecified atom stereocenters. The van der Waals surface area contributed by atoms with E-state index in [2.05, 4.69) is 9.72 Å². The number of ether oxygens (including phenoxy) is 1. The van der Waals surface area contributed by atoms with Gasteiger partial charge in [-0.1, -0.05) is 0 Å². The first-order valence-corrected chi connectivity index (χ1v) is 5.42. The average molecular weight is 285 g/mol. The van der Waals surface area contributed by atoms with E-state index in [1.54, 1.807) is 0 Å². The van der Waals surface area contributed by atoms with Crippen LogP contribution in [0.15, 0.2) is 6.07 Å². The maximum Gasteiger partial charge on any atom is 0.364 e. The van der Waals surface area contributed by atoms with Gasteiger partial charge in [-0.3, -0.25) is 4.79 Å². The third-order valence-corrected chi connectivity index (χ3v) is 2.26. The Morgan fingerprint density at radius 2 is 2.30 bits per heavy atom. The van der Waals surface area contributed by atoms with Crippen molar-refractivity contribution >= 4 is 11.8 Å². The van der Waals surface area contributed by atoms with E-state index in [1.165, 1.54) is 13.0 Å². The van der Waals surface area contributed by atoms with Crippen LogP contribution in [0.2, 0.25) is 0 Å². The minimum absolute atomic E-state index is 0.0529. The highest BCUT2D eigenvalue weighted by atomic mass is 19.3. The van der Waals surface area contributed by atoms with Crippen molar-refractivity contribution in [2.75, 3.05) is 6.61 Å². The number of rotatable bonds is 5. The molecule has 7 nitrogen and oxygen atoms in total. The van der Waals surface area contributed by atoms with Crippen molar-refractivity contribution in [1.82, 2.24) is 4.98 Å². The first-order chi connectivity index (χ1) is 9.40. The Bertz CT molecular complexity index is 584. The lowest BCUT2D eigenvalue weighted by Crippen LogP contribution is -2.12. The Morgan fingerprint density at radius 3 is 2.75 bits per heavy atom. The molecule has 0 amide bonds. The van der Waals surface area contributed by atoms with Crippen molar-refractivity contribution in [3.8, 4) is 6.07 Å². The van der Waals surface area contributed by atoms with Gasteiger partial charge in [-0.15, -0.1) is 0 Å². The standard InChI is InChI=1S/C11H9F2N3O4/c1-2-20-10(17)4-8-7(5-14)6(11(12)13)3-9(15-8)16(18)19/h3,11H,2,4H2,1H3. The smallest absolute Gasteiger partial charge is 0.364 e. The summed E-state index contributed by atoms with van der Waals surface area (Å²) >= 11 is 0. The molecule has 0 aromatic carbocycles. The van der Waals surface area contributed by atoms with Crippen LogP contribution in [0.1, 0.15) is 30.2 Å². The molecular weight excluding hydrogens is 276 g/mol. The first-order valence-electron chi connectivity index (χ1n) is 5.42. The van der Waals surface area contributed by atoms with Gasteiger partial charge >= 0.3 is 11.8 Å². The summed E-state index contributed by atoms with van der Waals surface area (Å²) in [6.45, 7) is 1.59. The Hall–Kier alpha value is -2.63. The fourth-order valence-corrected chi connectivity index (χ4v) is 1.48. The molecule has 0 N–H and O–H groups in total. The van der Waals surface area contributed by atoms with Gasteiger partial charge in [-0.25, -0.2) is 8.78 Å². The summed E-state index contributed by atoms with van der Waals surface area (Å²) in [5.41, 5.74) is -1.76. The van der Waals surface area contributed by atoms with Crippen molar-refractivity contribution in [2.24, 2.45) is 0 Å². The second kappa shape index (κ2) is 6.51. The number of carbonyl (C=O) groups is 1. The van der Waals surface area contributed by atoms with Crippen LogP contribution in [-0.4, -0.2) is 22.5 Å². The first kappa shape index (κ1) is 15.4. The quantitative estimate of drug-likeness (QED) is 0.464. The third-order valence-electron chi connectivity index (χ3n) is 2.26. The zero-order chi connectivity index (χ0) is 15.3. The molecule has 1 aromatic rings. The van der Waals surface area contributed by atoms with Crippen molar-refractivity contribution in [2.45, 2.75) is 19.8 Å². The van der Waals surface area contributed by atoms with E-state index in [-0.39, 0.29) is 6.61 Å². The van der Waals surface area contributed by atoms with E-state index >= 15 is 0 Å². The zero-order valence-electron chi connectivity index (χ0n) is 10.3. The summed E-state index contributed by atoms with van der Waals surface area (Å²) in [6.07, 6.45) is -3.68. The summed E-state index contributed by atoms with van der Waals surface area (Å²) in [5.74, 6) is -1.66. The average Bonchev–Trinajstić information content (AvgIpc) is 2.37. The van der Waals surface area contributed by atoms with Crippen LogP contribution in [-0.2, 0) is 16.0 Å². The van der Waals surface area contributed by atoms with Crippen molar-refractivity contribution in [3.05, 3.63) is 33.0 Å². The van der Waals surface area contributed by atoms with E-state index in [0.717, 1.165) is 0 Å². The second-order valence-corrected chi connectivity index (χ2v) is 3.54. The van der Waals surface area contributed by atoms with Crippen LogP contribution in [0.3, 0.4) is 0 Å². The van der Waals surface area contributed by atoms with Crippen molar-refractivity contribution < 1.29 is 23.2 Å². The van der Waals surface area contributed by atoms with Crippen LogP contribution >= 0.6 is 0 Å². The highest BCUT2D eigenvalue weighted by molar-refractivity contribution is 5.73.